The zero-order valence-electron chi connectivity index (χ0n) is 19.1. The summed E-state index contributed by atoms with van der Waals surface area (Å²) >= 11 is 0. The summed E-state index contributed by atoms with van der Waals surface area (Å²) in [5.74, 6) is 0.502. The molecule has 1 aliphatic heterocycles. The summed E-state index contributed by atoms with van der Waals surface area (Å²) in [4.78, 5) is 12.9. The second-order valence-corrected chi connectivity index (χ2v) is 10.1. The molecule has 4 rings (SSSR count). The lowest BCUT2D eigenvalue weighted by Crippen LogP contribution is -2.32. The van der Waals surface area contributed by atoms with Crippen LogP contribution in [0.2, 0.25) is 0 Å². The van der Waals surface area contributed by atoms with Crippen LogP contribution in [0.3, 0.4) is 0 Å². The Hall–Kier alpha value is -3.20. The van der Waals surface area contributed by atoms with Crippen molar-refractivity contribution < 1.29 is 17.9 Å². The number of hydrogen-bond donors (Lipinski definition) is 2. The van der Waals surface area contributed by atoms with E-state index in [2.05, 4.69) is 10.6 Å². The Morgan fingerprint density at radius 2 is 1.62 bits per heavy atom. The number of carbonyl (C=O) groups is 1. The molecule has 3 aromatic rings. The first-order valence-electron chi connectivity index (χ1n) is 11.3. The van der Waals surface area contributed by atoms with Gasteiger partial charge in [0.05, 0.1) is 24.6 Å². The van der Waals surface area contributed by atoms with E-state index in [1.54, 1.807) is 25.3 Å². The molecule has 0 aliphatic carbocycles. The molecule has 0 unspecified atom stereocenters. The molecule has 2 N–H and O–H groups in total. The van der Waals surface area contributed by atoms with E-state index in [9.17, 15) is 13.2 Å². The Bertz CT molecular complexity index is 1210. The van der Waals surface area contributed by atoms with Crippen molar-refractivity contribution in [3.05, 3.63) is 90.0 Å². The standard InChI is InChI=1S/C26H29N3O4S/c1-33-23-14-12-21(13-15-23)26(20-8-3-2-4-9-20)27-19-25(30)28-22-10-7-11-24(18-22)34(31,32)29-16-5-6-17-29/h2-4,7-15,18,26-27H,5-6,16-17,19H2,1H3,(H,28,30)/t26-/m1/s1. The van der Waals surface area contributed by atoms with Gasteiger partial charge in [0.25, 0.3) is 0 Å². The molecule has 34 heavy (non-hydrogen) atoms. The minimum absolute atomic E-state index is 0.0503. The first-order valence-corrected chi connectivity index (χ1v) is 12.7. The van der Waals surface area contributed by atoms with Gasteiger partial charge in [0.15, 0.2) is 0 Å². The summed E-state index contributed by atoms with van der Waals surface area (Å²) in [5.41, 5.74) is 2.48. The van der Waals surface area contributed by atoms with E-state index in [0.717, 1.165) is 29.7 Å². The number of anilines is 1. The second-order valence-electron chi connectivity index (χ2n) is 8.18. The molecule has 0 saturated carbocycles. The number of rotatable bonds is 9. The Balaban J connectivity index is 1.45. The van der Waals surface area contributed by atoms with Crippen LogP contribution in [-0.2, 0) is 14.8 Å². The maximum Gasteiger partial charge on any atom is 0.243 e. The van der Waals surface area contributed by atoms with Crippen LogP contribution >= 0.6 is 0 Å². The highest BCUT2D eigenvalue weighted by Gasteiger charge is 2.27. The SMILES string of the molecule is COc1ccc([C@H](NCC(=O)Nc2cccc(S(=O)(=O)N3CCCC3)c2)c2ccccc2)cc1. The quantitative estimate of drug-likeness (QED) is 0.488. The van der Waals surface area contributed by atoms with Crippen molar-refractivity contribution in [2.75, 3.05) is 32.1 Å². The molecular weight excluding hydrogens is 450 g/mol. The van der Waals surface area contributed by atoms with Crippen LogP contribution in [0.1, 0.15) is 30.0 Å². The minimum Gasteiger partial charge on any atom is -0.497 e. The summed E-state index contributed by atoms with van der Waals surface area (Å²) < 4.78 is 32.4. The largest absolute Gasteiger partial charge is 0.497 e. The second kappa shape index (κ2) is 10.8. The Morgan fingerprint density at radius 3 is 2.29 bits per heavy atom. The molecule has 7 nitrogen and oxygen atoms in total. The number of carbonyl (C=O) groups excluding carboxylic acids is 1. The van der Waals surface area contributed by atoms with Crippen molar-refractivity contribution >= 4 is 21.6 Å². The van der Waals surface area contributed by atoms with Gasteiger partial charge in [0.1, 0.15) is 5.75 Å². The first kappa shape index (κ1) is 23.9. The number of hydrogen-bond acceptors (Lipinski definition) is 5. The van der Waals surface area contributed by atoms with Crippen molar-refractivity contribution in [2.45, 2.75) is 23.8 Å². The molecular formula is C26H29N3O4S. The van der Waals surface area contributed by atoms with E-state index < -0.39 is 10.0 Å². The zero-order chi connectivity index (χ0) is 24.0. The highest BCUT2D eigenvalue weighted by atomic mass is 32.2. The molecule has 1 atom stereocenters. The summed E-state index contributed by atoms with van der Waals surface area (Å²) in [6.07, 6.45) is 1.75. The van der Waals surface area contributed by atoms with Crippen molar-refractivity contribution in [2.24, 2.45) is 0 Å². The Morgan fingerprint density at radius 1 is 0.941 bits per heavy atom. The fourth-order valence-electron chi connectivity index (χ4n) is 4.08. The fourth-order valence-corrected chi connectivity index (χ4v) is 5.65. The van der Waals surface area contributed by atoms with Crippen LogP contribution < -0.4 is 15.4 Å². The number of nitrogens with zero attached hydrogens (tertiary/aromatic N) is 1. The lowest BCUT2D eigenvalue weighted by Gasteiger charge is -2.20. The molecule has 1 aliphatic rings. The third-order valence-electron chi connectivity index (χ3n) is 5.87. The lowest BCUT2D eigenvalue weighted by molar-refractivity contribution is -0.115. The highest BCUT2D eigenvalue weighted by Crippen LogP contribution is 2.25. The molecule has 3 aromatic carbocycles. The van der Waals surface area contributed by atoms with Crippen LogP contribution in [0.4, 0.5) is 5.69 Å². The first-order chi connectivity index (χ1) is 16.5. The van der Waals surface area contributed by atoms with E-state index in [-0.39, 0.29) is 23.4 Å². The topological polar surface area (TPSA) is 87.7 Å². The number of nitrogens with one attached hydrogen (secondary N) is 2. The molecule has 0 bridgehead atoms. The molecule has 0 radical (unpaired) electrons. The zero-order valence-corrected chi connectivity index (χ0v) is 19.9. The highest BCUT2D eigenvalue weighted by molar-refractivity contribution is 7.89. The van der Waals surface area contributed by atoms with Crippen molar-refractivity contribution in [1.82, 2.24) is 9.62 Å². The van der Waals surface area contributed by atoms with Crippen LogP contribution in [0, 0.1) is 0 Å². The molecule has 1 fully saturated rings. The van der Waals surface area contributed by atoms with Gasteiger partial charge < -0.3 is 10.1 Å². The average molecular weight is 480 g/mol. The van der Waals surface area contributed by atoms with Gasteiger partial charge in [-0.25, -0.2) is 8.42 Å². The van der Waals surface area contributed by atoms with E-state index >= 15 is 0 Å². The molecule has 0 aromatic heterocycles. The fraction of sp³-hybridized carbons (Fsp3) is 0.269. The third-order valence-corrected chi connectivity index (χ3v) is 7.76. The summed E-state index contributed by atoms with van der Waals surface area (Å²) in [7, 11) is -1.92. The number of methoxy groups -OCH3 is 1. The molecule has 0 spiro atoms. The van der Waals surface area contributed by atoms with Crippen molar-refractivity contribution in [3.8, 4) is 5.75 Å². The molecule has 178 valence electrons. The summed E-state index contributed by atoms with van der Waals surface area (Å²) in [5, 5.41) is 6.14. The predicted molar refractivity (Wildman–Crippen MR) is 132 cm³/mol. The molecule has 8 heteroatoms. The van der Waals surface area contributed by atoms with E-state index in [4.69, 9.17) is 4.74 Å². The third kappa shape index (κ3) is 5.64. The van der Waals surface area contributed by atoms with E-state index in [0.29, 0.717) is 18.8 Å². The van der Waals surface area contributed by atoms with E-state index in [1.165, 1.54) is 10.4 Å². The number of sulfonamides is 1. The molecule has 1 heterocycles. The van der Waals surface area contributed by atoms with Gasteiger partial charge in [-0.2, -0.15) is 4.31 Å². The predicted octanol–water partition coefficient (Wildman–Crippen LogP) is 3.80. The van der Waals surface area contributed by atoms with Gasteiger partial charge in [-0.05, 0) is 54.3 Å². The van der Waals surface area contributed by atoms with Crippen LogP contribution in [0.15, 0.2) is 83.8 Å². The van der Waals surface area contributed by atoms with Gasteiger partial charge in [0.2, 0.25) is 15.9 Å². The van der Waals surface area contributed by atoms with Crippen LogP contribution in [-0.4, -0.2) is 45.4 Å². The van der Waals surface area contributed by atoms with Gasteiger partial charge in [0, 0.05) is 18.8 Å². The maximum atomic E-state index is 12.8. The number of benzene rings is 3. The number of amides is 1. The smallest absolute Gasteiger partial charge is 0.243 e. The maximum absolute atomic E-state index is 12.8. The minimum atomic E-state index is -3.54. The van der Waals surface area contributed by atoms with Gasteiger partial charge in [-0.15, -0.1) is 0 Å². The van der Waals surface area contributed by atoms with Crippen molar-refractivity contribution in [3.63, 3.8) is 0 Å². The van der Waals surface area contributed by atoms with Gasteiger partial charge in [-0.3, -0.25) is 10.1 Å². The Labute approximate surface area is 200 Å². The molecule has 1 amide bonds. The van der Waals surface area contributed by atoms with Crippen LogP contribution in [0.25, 0.3) is 0 Å². The summed E-state index contributed by atoms with van der Waals surface area (Å²) in [6, 6.07) is 23.8. The average Bonchev–Trinajstić information content (AvgIpc) is 3.41. The Kier molecular flexibility index (Phi) is 7.62. The van der Waals surface area contributed by atoms with Gasteiger partial charge >= 0.3 is 0 Å². The van der Waals surface area contributed by atoms with E-state index in [1.807, 2.05) is 54.6 Å². The lowest BCUT2D eigenvalue weighted by atomic mass is 9.98. The molecule has 1 saturated heterocycles. The van der Waals surface area contributed by atoms with Crippen LogP contribution in [0.5, 0.6) is 5.75 Å². The number of ether oxygens (including phenoxy) is 1. The normalized spacial score (nSPS) is 15.1. The monoisotopic (exact) mass is 479 g/mol. The summed E-state index contributed by atoms with van der Waals surface area (Å²) in [6.45, 7) is 1.12. The van der Waals surface area contributed by atoms with Crippen molar-refractivity contribution in [1.29, 1.82) is 0 Å². The van der Waals surface area contributed by atoms with Gasteiger partial charge in [-0.1, -0.05) is 48.5 Å².